The first-order valence-electron chi connectivity index (χ1n) is 6.02. The fourth-order valence-corrected chi connectivity index (χ4v) is 3.14. The van der Waals surface area contributed by atoms with Crippen molar-refractivity contribution in [2.75, 3.05) is 5.73 Å². The van der Waals surface area contributed by atoms with E-state index in [9.17, 15) is 4.79 Å². The van der Waals surface area contributed by atoms with Crippen LogP contribution in [0, 0.1) is 0 Å². The number of fused-ring (bicyclic) bond motifs is 1. The molecule has 2 aromatic rings. The number of carbonyl (C=O) groups is 1. The van der Waals surface area contributed by atoms with Gasteiger partial charge < -0.3 is 11.1 Å². The molecule has 0 saturated heterocycles. The topological polar surface area (TPSA) is 67.5 Å². The number of nitrogen functional groups attached to an aromatic ring is 1. The molecule has 0 spiro atoms. The average molecular weight is 375 g/mol. The predicted octanol–water partition coefficient (Wildman–Crippen LogP) is 4.70. The number of nitrogens with one attached hydrogen (secondary N) is 1. The summed E-state index contributed by atoms with van der Waals surface area (Å²) in [5.74, 6) is -0.195. The van der Waals surface area contributed by atoms with Crippen molar-refractivity contribution in [1.82, 2.24) is 5.32 Å². The largest absolute Gasteiger partial charge is 0.399 e. The summed E-state index contributed by atoms with van der Waals surface area (Å²) in [6, 6.07) is 6.87. The lowest BCUT2D eigenvalue weighted by Gasteiger charge is -2.08. The number of hydrogen-bond acceptors (Lipinski definition) is 3. The Labute approximate surface area is 145 Å². The van der Waals surface area contributed by atoms with E-state index in [-0.39, 0.29) is 31.5 Å². The van der Waals surface area contributed by atoms with Gasteiger partial charge in [-0.15, -0.1) is 0 Å². The summed E-state index contributed by atoms with van der Waals surface area (Å²) in [4.78, 5) is 16.5. The molecule has 0 fully saturated rings. The second-order valence-electron chi connectivity index (χ2n) is 4.52. The van der Waals surface area contributed by atoms with E-state index in [4.69, 9.17) is 52.1 Å². The van der Waals surface area contributed by atoms with Crippen LogP contribution in [0.15, 0.2) is 29.3 Å². The zero-order valence-corrected chi connectivity index (χ0v) is 13.8. The molecule has 22 heavy (non-hydrogen) atoms. The smallest absolute Gasteiger partial charge is 0.259 e. The fourth-order valence-electron chi connectivity index (χ4n) is 2.11. The Bertz CT molecular complexity index is 848. The fraction of sp³-hybridized carbons (Fsp3) is 0. The number of nitrogens with zero attached hydrogens (tertiary/aromatic N) is 1. The van der Waals surface area contributed by atoms with Gasteiger partial charge in [-0.1, -0.05) is 52.5 Å². The molecule has 2 aromatic carbocycles. The van der Waals surface area contributed by atoms with Crippen molar-refractivity contribution in [2.24, 2.45) is 4.99 Å². The molecule has 1 amide bonds. The third-order valence-corrected chi connectivity index (χ3v) is 4.88. The van der Waals surface area contributed by atoms with E-state index in [1.165, 1.54) is 0 Å². The average Bonchev–Trinajstić information content (AvgIpc) is 2.79. The molecule has 0 unspecified atom stereocenters. The molecule has 3 N–H and O–H groups in total. The Morgan fingerprint density at radius 1 is 0.955 bits per heavy atom. The summed E-state index contributed by atoms with van der Waals surface area (Å²) in [7, 11) is 0. The van der Waals surface area contributed by atoms with Gasteiger partial charge >= 0.3 is 0 Å². The number of amides is 1. The van der Waals surface area contributed by atoms with Crippen molar-refractivity contribution in [3.05, 3.63) is 55.5 Å². The molecular formula is C14H7Cl4N3O. The van der Waals surface area contributed by atoms with Crippen LogP contribution in [0.4, 0.5) is 11.4 Å². The summed E-state index contributed by atoms with van der Waals surface area (Å²) in [5, 5.41) is 2.88. The number of carbonyl (C=O) groups excluding carboxylic acids is 1. The zero-order chi connectivity index (χ0) is 16.0. The quantitative estimate of drug-likeness (QED) is 0.431. The molecule has 1 aliphatic rings. The van der Waals surface area contributed by atoms with Crippen LogP contribution >= 0.6 is 46.4 Å². The number of rotatable bonds is 1. The molecule has 0 aromatic heterocycles. The van der Waals surface area contributed by atoms with Crippen LogP contribution in [0.25, 0.3) is 0 Å². The van der Waals surface area contributed by atoms with Crippen molar-refractivity contribution in [2.45, 2.75) is 0 Å². The third-order valence-electron chi connectivity index (χ3n) is 3.07. The highest BCUT2D eigenvalue weighted by Crippen LogP contribution is 2.43. The summed E-state index contributed by atoms with van der Waals surface area (Å²) in [6.07, 6.45) is 0. The molecule has 0 radical (unpaired) electrons. The van der Waals surface area contributed by atoms with Gasteiger partial charge in [0.15, 0.2) is 0 Å². The predicted molar refractivity (Wildman–Crippen MR) is 91.0 cm³/mol. The monoisotopic (exact) mass is 373 g/mol. The zero-order valence-electron chi connectivity index (χ0n) is 10.8. The summed E-state index contributed by atoms with van der Waals surface area (Å²) < 4.78 is 0. The summed E-state index contributed by atoms with van der Waals surface area (Å²) in [5.41, 5.74) is 7.30. The summed E-state index contributed by atoms with van der Waals surface area (Å²) >= 11 is 24.3. The van der Waals surface area contributed by atoms with Crippen LogP contribution in [0.5, 0.6) is 0 Å². The lowest BCUT2D eigenvalue weighted by atomic mass is 10.1. The van der Waals surface area contributed by atoms with E-state index in [1.54, 1.807) is 24.3 Å². The Hall–Kier alpha value is -1.46. The van der Waals surface area contributed by atoms with E-state index in [0.29, 0.717) is 16.9 Å². The van der Waals surface area contributed by atoms with Crippen LogP contribution < -0.4 is 11.1 Å². The number of halogens is 4. The second-order valence-corrected chi connectivity index (χ2v) is 6.03. The molecule has 0 atom stereocenters. The molecule has 0 saturated carbocycles. The van der Waals surface area contributed by atoms with Gasteiger partial charge in [-0.3, -0.25) is 4.79 Å². The summed E-state index contributed by atoms with van der Waals surface area (Å²) in [6.45, 7) is 0. The molecular weight excluding hydrogens is 368 g/mol. The number of anilines is 1. The van der Waals surface area contributed by atoms with Crippen LogP contribution in [0.2, 0.25) is 20.1 Å². The molecule has 1 heterocycles. The highest BCUT2D eigenvalue weighted by atomic mass is 35.5. The van der Waals surface area contributed by atoms with Gasteiger partial charge in [0.05, 0.1) is 36.9 Å². The van der Waals surface area contributed by atoms with Gasteiger partial charge in [0.25, 0.3) is 5.91 Å². The van der Waals surface area contributed by atoms with Crippen molar-refractivity contribution in [1.29, 1.82) is 0 Å². The Morgan fingerprint density at radius 2 is 1.59 bits per heavy atom. The van der Waals surface area contributed by atoms with Crippen LogP contribution in [-0.4, -0.2) is 11.7 Å². The minimum absolute atomic E-state index is 0.0347. The van der Waals surface area contributed by atoms with Crippen LogP contribution in [0.3, 0.4) is 0 Å². The second kappa shape index (κ2) is 5.63. The first-order chi connectivity index (χ1) is 10.4. The number of benzene rings is 2. The van der Waals surface area contributed by atoms with E-state index in [2.05, 4.69) is 10.3 Å². The molecule has 0 aliphatic carbocycles. The van der Waals surface area contributed by atoms with Crippen molar-refractivity contribution < 1.29 is 4.79 Å². The lowest BCUT2D eigenvalue weighted by molar-refractivity contribution is 0.0983. The third kappa shape index (κ3) is 2.42. The SMILES string of the molecule is Nc1cccc(N=C2NC(=O)c3c(Cl)c(Cl)c(Cl)c(Cl)c32)c1. The Kier molecular flexibility index (Phi) is 3.95. The molecule has 1 aliphatic heterocycles. The minimum atomic E-state index is -0.442. The Morgan fingerprint density at radius 3 is 2.23 bits per heavy atom. The van der Waals surface area contributed by atoms with Gasteiger partial charge in [-0.25, -0.2) is 4.99 Å². The first kappa shape index (κ1) is 15.4. The van der Waals surface area contributed by atoms with Crippen molar-refractivity contribution >= 4 is 69.5 Å². The molecule has 4 nitrogen and oxygen atoms in total. The number of aliphatic imine (C=N–C) groups is 1. The number of nitrogens with two attached hydrogens (primary N) is 1. The van der Waals surface area contributed by atoms with Crippen molar-refractivity contribution in [3.63, 3.8) is 0 Å². The number of amidine groups is 1. The minimum Gasteiger partial charge on any atom is -0.399 e. The number of hydrogen-bond donors (Lipinski definition) is 2. The maximum absolute atomic E-state index is 12.1. The van der Waals surface area contributed by atoms with E-state index >= 15 is 0 Å². The van der Waals surface area contributed by atoms with E-state index in [0.717, 1.165) is 0 Å². The molecule has 0 bridgehead atoms. The van der Waals surface area contributed by atoms with Crippen LogP contribution in [-0.2, 0) is 0 Å². The maximum Gasteiger partial charge on any atom is 0.259 e. The van der Waals surface area contributed by atoms with Gasteiger partial charge in [-0.2, -0.15) is 0 Å². The standard InChI is InChI=1S/C14H7Cl4N3O/c15-9-7-8(10(16)12(18)11(9)17)14(22)21-13(7)20-6-3-1-2-5(19)4-6/h1-4H,19H2,(H,20,21,22). The highest BCUT2D eigenvalue weighted by molar-refractivity contribution is 6.55. The van der Waals surface area contributed by atoms with Crippen LogP contribution in [0.1, 0.15) is 15.9 Å². The van der Waals surface area contributed by atoms with E-state index < -0.39 is 5.91 Å². The van der Waals surface area contributed by atoms with Gasteiger partial charge in [0.1, 0.15) is 5.84 Å². The van der Waals surface area contributed by atoms with Gasteiger partial charge in [0.2, 0.25) is 0 Å². The molecule has 3 rings (SSSR count). The van der Waals surface area contributed by atoms with Gasteiger partial charge in [0, 0.05) is 5.69 Å². The first-order valence-corrected chi connectivity index (χ1v) is 7.53. The van der Waals surface area contributed by atoms with E-state index in [1.807, 2.05) is 0 Å². The normalized spacial score (nSPS) is 15.1. The highest BCUT2D eigenvalue weighted by Gasteiger charge is 2.33. The molecule has 8 heteroatoms. The Balaban J connectivity index is 2.24. The maximum atomic E-state index is 12.1. The molecule has 112 valence electrons. The van der Waals surface area contributed by atoms with Crippen molar-refractivity contribution in [3.8, 4) is 0 Å². The van der Waals surface area contributed by atoms with Gasteiger partial charge in [-0.05, 0) is 18.2 Å². The lowest BCUT2D eigenvalue weighted by Crippen LogP contribution is -2.21.